The Morgan fingerprint density at radius 3 is 2.90 bits per heavy atom. The molecule has 2 rings (SSSR count). The number of piperidine rings is 1. The van der Waals surface area contributed by atoms with Gasteiger partial charge in [0.05, 0.1) is 0 Å². The Labute approximate surface area is 119 Å². The van der Waals surface area contributed by atoms with Crippen molar-refractivity contribution in [3.63, 3.8) is 0 Å². The molecule has 2 atom stereocenters. The Hall–Kier alpha value is -1.88. The third-order valence-corrected chi connectivity index (χ3v) is 3.46. The van der Waals surface area contributed by atoms with Crippen molar-refractivity contribution < 1.29 is 9.59 Å². The lowest BCUT2D eigenvalue weighted by atomic mass is 10.0. The lowest BCUT2D eigenvalue weighted by Gasteiger charge is -2.27. The van der Waals surface area contributed by atoms with Crippen molar-refractivity contribution >= 4 is 17.5 Å². The van der Waals surface area contributed by atoms with Crippen LogP contribution in [0.3, 0.4) is 0 Å². The van der Waals surface area contributed by atoms with E-state index in [0.717, 1.165) is 17.7 Å². The van der Waals surface area contributed by atoms with Crippen molar-refractivity contribution in [3.8, 4) is 0 Å². The number of hydrogen-bond acceptors (Lipinski definition) is 3. The summed E-state index contributed by atoms with van der Waals surface area (Å²) >= 11 is 0. The van der Waals surface area contributed by atoms with Crippen LogP contribution in [0.2, 0.25) is 0 Å². The Kier molecular flexibility index (Phi) is 4.74. The van der Waals surface area contributed by atoms with Gasteiger partial charge >= 0.3 is 0 Å². The van der Waals surface area contributed by atoms with Crippen molar-refractivity contribution in [1.29, 1.82) is 0 Å². The van der Waals surface area contributed by atoms with Crippen LogP contribution in [0, 0.1) is 0 Å². The maximum atomic E-state index is 11.1. The molecule has 1 heterocycles. The molecule has 3 N–H and O–H groups in total. The molecule has 2 amide bonds. The second-order valence-corrected chi connectivity index (χ2v) is 5.23. The zero-order chi connectivity index (χ0) is 14.5. The van der Waals surface area contributed by atoms with Gasteiger partial charge in [-0.05, 0) is 31.0 Å². The topological polar surface area (TPSA) is 70.2 Å². The van der Waals surface area contributed by atoms with E-state index in [1.807, 2.05) is 24.3 Å². The molecule has 1 aromatic carbocycles. The lowest BCUT2D eigenvalue weighted by molar-refractivity contribution is -0.122. The number of amides is 2. The summed E-state index contributed by atoms with van der Waals surface area (Å²) < 4.78 is 0. The van der Waals surface area contributed by atoms with Crippen LogP contribution in [-0.4, -0.2) is 24.4 Å². The summed E-state index contributed by atoms with van der Waals surface area (Å²) in [6.45, 7) is 4.26. The van der Waals surface area contributed by atoms with Crippen LogP contribution >= 0.6 is 0 Å². The first-order chi connectivity index (χ1) is 9.54. The molecule has 0 spiro atoms. The molecule has 0 aliphatic carbocycles. The molecular weight excluding hydrogens is 254 g/mol. The number of anilines is 1. The predicted octanol–water partition coefficient (Wildman–Crippen LogP) is 1.57. The average Bonchev–Trinajstić information content (AvgIpc) is 2.41. The molecule has 1 fully saturated rings. The molecule has 5 nitrogen and oxygen atoms in total. The van der Waals surface area contributed by atoms with Crippen LogP contribution in [-0.2, 0) is 9.59 Å². The van der Waals surface area contributed by atoms with Crippen LogP contribution in [0.15, 0.2) is 24.3 Å². The Morgan fingerprint density at radius 1 is 1.45 bits per heavy atom. The standard InChI is InChI=1S/C15H21N3O2/c1-10(17-14-6-7-15(20)16-9-14)12-4-3-5-13(8-12)18-11(2)19/h3-5,8,10,14,17H,6-7,9H2,1-2H3,(H,16,20)(H,18,19). The van der Waals surface area contributed by atoms with Crippen LogP contribution in [0.4, 0.5) is 5.69 Å². The van der Waals surface area contributed by atoms with E-state index in [2.05, 4.69) is 22.9 Å². The highest BCUT2D eigenvalue weighted by atomic mass is 16.2. The summed E-state index contributed by atoms with van der Waals surface area (Å²) in [6, 6.07) is 8.28. The predicted molar refractivity (Wildman–Crippen MR) is 78.3 cm³/mol. The SMILES string of the molecule is CC(=O)Nc1cccc(C(C)NC2CCC(=O)NC2)c1. The molecule has 1 aliphatic rings. The van der Waals surface area contributed by atoms with Crippen LogP contribution < -0.4 is 16.0 Å². The van der Waals surface area contributed by atoms with Crippen LogP contribution in [0.5, 0.6) is 0 Å². The van der Waals surface area contributed by atoms with Gasteiger partial charge in [-0.15, -0.1) is 0 Å². The Morgan fingerprint density at radius 2 is 2.25 bits per heavy atom. The zero-order valence-electron chi connectivity index (χ0n) is 11.9. The van der Waals surface area contributed by atoms with Gasteiger partial charge < -0.3 is 16.0 Å². The molecule has 2 unspecified atom stereocenters. The zero-order valence-corrected chi connectivity index (χ0v) is 11.9. The second-order valence-electron chi connectivity index (χ2n) is 5.23. The van der Waals surface area contributed by atoms with Gasteiger partial charge in [-0.3, -0.25) is 9.59 Å². The Balaban J connectivity index is 1.96. The number of carbonyl (C=O) groups excluding carboxylic acids is 2. The first kappa shape index (κ1) is 14.5. The second kappa shape index (κ2) is 6.52. The minimum Gasteiger partial charge on any atom is -0.355 e. The number of benzene rings is 1. The highest BCUT2D eigenvalue weighted by Gasteiger charge is 2.19. The first-order valence-electron chi connectivity index (χ1n) is 6.95. The van der Waals surface area contributed by atoms with E-state index in [4.69, 9.17) is 0 Å². The molecule has 108 valence electrons. The van der Waals surface area contributed by atoms with Gasteiger partial charge in [-0.25, -0.2) is 0 Å². The fraction of sp³-hybridized carbons (Fsp3) is 0.467. The fourth-order valence-corrected chi connectivity index (χ4v) is 2.41. The van der Waals surface area contributed by atoms with Crippen molar-refractivity contribution in [2.45, 2.75) is 38.8 Å². The highest BCUT2D eigenvalue weighted by Crippen LogP contribution is 2.19. The number of carbonyl (C=O) groups is 2. The minimum absolute atomic E-state index is 0.0715. The molecule has 0 saturated carbocycles. The molecule has 0 radical (unpaired) electrons. The molecule has 1 saturated heterocycles. The number of rotatable bonds is 4. The summed E-state index contributed by atoms with van der Waals surface area (Å²) in [6.07, 6.45) is 1.44. The Bertz CT molecular complexity index is 492. The molecule has 0 bridgehead atoms. The molecule has 20 heavy (non-hydrogen) atoms. The van der Waals surface area contributed by atoms with Gasteiger partial charge in [0.25, 0.3) is 0 Å². The van der Waals surface area contributed by atoms with Gasteiger partial charge in [0, 0.05) is 37.7 Å². The summed E-state index contributed by atoms with van der Waals surface area (Å²) in [7, 11) is 0. The minimum atomic E-state index is -0.0715. The number of nitrogens with one attached hydrogen (secondary N) is 3. The lowest BCUT2D eigenvalue weighted by Crippen LogP contribution is -2.46. The normalized spacial score (nSPS) is 20.1. The van der Waals surface area contributed by atoms with Crippen LogP contribution in [0.25, 0.3) is 0 Å². The largest absolute Gasteiger partial charge is 0.355 e. The third-order valence-electron chi connectivity index (χ3n) is 3.46. The highest BCUT2D eigenvalue weighted by molar-refractivity contribution is 5.88. The average molecular weight is 275 g/mol. The molecule has 1 aromatic rings. The van der Waals surface area contributed by atoms with Crippen molar-refractivity contribution in [1.82, 2.24) is 10.6 Å². The van der Waals surface area contributed by atoms with Crippen LogP contribution in [0.1, 0.15) is 38.3 Å². The molecule has 1 aliphatic heterocycles. The third kappa shape index (κ3) is 4.06. The van der Waals surface area contributed by atoms with E-state index < -0.39 is 0 Å². The first-order valence-corrected chi connectivity index (χ1v) is 6.95. The molecular formula is C15H21N3O2. The van der Waals surface area contributed by atoms with E-state index in [1.54, 1.807) is 0 Å². The van der Waals surface area contributed by atoms with Gasteiger partial charge in [0.15, 0.2) is 0 Å². The van der Waals surface area contributed by atoms with Gasteiger partial charge in [0.1, 0.15) is 0 Å². The maximum absolute atomic E-state index is 11.1. The summed E-state index contributed by atoms with van der Waals surface area (Å²) in [5.41, 5.74) is 1.92. The monoisotopic (exact) mass is 275 g/mol. The summed E-state index contributed by atoms with van der Waals surface area (Å²) in [5, 5.41) is 9.16. The quantitative estimate of drug-likeness (QED) is 0.781. The molecule has 5 heteroatoms. The van der Waals surface area contributed by atoms with E-state index >= 15 is 0 Å². The van der Waals surface area contributed by atoms with Gasteiger partial charge in [0.2, 0.25) is 11.8 Å². The number of hydrogen-bond donors (Lipinski definition) is 3. The van der Waals surface area contributed by atoms with Crippen molar-refractivity contribution in [2.24, 2.45) is 0 Å². The summed E-state index contributed by atoms with van der Waals surface area (Å²) in [4.78, 5) is 22.2. The molecule has 0 aromatic heterocycles. The van der Waals surface area contributed by atoms with E-state index in [0.29, 0.717) is 19.0 Å². The smallest absolute Gasteiger partial charge is 0.221 e. The summed E-state index contributed by atoms with van der Waals surface area (Å²) in [5.74, 6) is 0.0566. The van der Waals surface area contributed by atoms with Gasteiger partial charge in [-0.2, -0.15) is 0 Å². The van der Waals surface area contributed by atoms with E-state index in [-0.39, 0.29) is 17.9 Å². The fourth-order valence-electron chi connectivity index (χ4n) is 2.41. The maximum Gasteiger partial charge on any atom is 0.221 e. The van der Waals surface area contributed by atoms with E-state index in [1.165, 1.54) is 6.92 Å². The van der Waals surface area contributed by atoms with Crippen molar-refractivity contribution in [3.05, 3.63) is 29.8 Å². The van der Waals surface area contributed by atoms with E-state index in [9.17, 15) is 9.59 Å². The van der Waals surface area contributed by atoms with Crippen molar-refractivity contribution in [2.75, 3.05) is 11.9 Å². The van der Waals surface area contributed by atoms with Gasteiger partial charge in [-0.1, -0.05) is 12.1 Å².